The standard InChI is InChI=1S/C19H21N5O8S2/c1-19(2,3)32-11(26)6-31-23-12(9-7-34-18(21-9)20-8-25)14(27)22-13-15(28)24-10(17(29)30)4-5-33-16(13)24/h4,7-8,13,16H,5-6H2,1-3H3,(H,22,27)(H,29,30)(H,20,21,25)/b23-12+/t13?,16-/m1/s1. The van der Waals surface area contributed by atoms with Gasteiger partial charge in [0, 0.05) is 11.1 Å². The summed E-state index contributed by atoms with van der Waals surface area (Å²) in [6, 6.07) is -0.997. The van der Waals surface area contributed by atoms with Crippen LogP contribution in [-0.4, -0.2) is 80.2 Å². The lowest BCUT2D eigenvalue weighted by Gasteiger charge is -2.48. The van der Waals surface area contributed by atoms with Crippen LogP contribution in [0.25, 0.3) is 0 Å². The van der Waals surface area contributed by atoms with Crippen LogP contribution < -0.4 is 10.6 Å². The minimum Gasteiger partial charge on any atom is -0.477 e. The first-order chi connectivity index (χ1) is 16.0. The Hall–Kier alpha value is -3.46. The number of nitrogens with zero attached hydrogens (tertiary/aromatic N) is 3. The Morgan fingerprint density at radius 1 is 1.38 bits per heavy atom. The SMILES string of the molecule is CC(C)(C)OC(=O)CO/N=C(/C(=O)NC1C(=O)N2C(C(=O)O)=CCS[C@H]12)c1csc(NC=O)n1. The number of carbonyl (C=O) groups excluding carboxylic acids is 4. The van der Waals surface area contributed by atoms with Gasteiger partial charge in [-0.3, -0.25) is 19.3 Å². The van der Waals surface area contributed by atoms with Crippen molar-refractivity contribution in [1.82, 2.24) is 15.2 Å². The van der Waals surface area contributed by atoms with Crippen molar-refractivity contribution in [3.05, 3.63) is 22.8 Å². The van der Waals surface area contributed by atoms with E-state index in [0.717, 1.165) is 16.2 Å². The second-order valence-electron chi connectivity index (χ2n) is 7.88. The van der Waals surface area contributed by atoms with Crippen molar-refractivity contribution in [2.45, 2.75) is 37.8 Å². The molecule has 3 heterocycles. The molecule has 3 N–H and O–H groups in total. The number of hydrogen-bond acceptors (Lipinski definition) is 11. The highest BCUT2D eigenvalue weighted by Gasteiger charge is 2.53. The van der Waals surface area contributed by atoms with Gasteiger partial charge in [-0.25, -0.2) is 14.6 Å². The third-order valence-electron chi connectivity index (χ3n) is 4.25. The summed E-state index contributed by atoms with van der Waals surface area (Å²) >= 11 is 2.30. The molecule has 1 aromatic rings. The molecule has 13 nitrogen and oxygen atoms in total. The lowest BCUT2D eigenvalue weighted by atomic mass is 10.0. The zero-order valence-electron chi connectivity index (χ0n) is 18.3. The number of β-lactam (4-membered cyclic amide) rings is 1. The van der Waals surface area contributed by atoms with E-state index in [2.05, 4.69) is 20.8 Å². The summed E-state index contributed by atoms with van der Waals surface area (Å²) in [6.07, 6.45) is 1.83. The second-order valence-corrected chi connectivity index (χ2v) is 9.89. The van der Waals surface area contributed by atoms with Crippen LogP contribution in [0.15, 0.2) is 22.3 Å². The normalized spacial score (nSPS) is 19.9. The molecule has 0 radical (unpaired) electrons. The fraction of sp³-hybridized carbons (Fsp3) is 0.421. The predicted octanol–water partition coefficient (Wildman–Crippen LogP) is 0.142. The van der Waals surface area contributed by atoms with E-state index in [1.54, 1.807) is 20.8 Å². The fourth-order valence-electron chi connectivity index (χ4n) is 2.97. The predicted molar refractivity (Wildman–Crippen MR) is 121 cm³/mol. The number of thiazole rings is 1. The van der Waals surface area contributed by atoms with Crippen LogP contribution in [0.3, 0.4) is 0 Å². The summed E-state index contributed by atoms with van der Waals surface area (Å²) in [5, 5.41) is 18.9. The van der Waals surface area contributed by atoms with Gasteiger partial charge in [-0.15, -0.1) is 23.1 Å². The van der Waals surface area contributed by atoms with Gasteiger partial charge in [0.15, 0.2) is 10.8 Å². The molecule has 182 valence electrons. The molecule has 2 aliphatic heterocycles. The Kier molecular flexibility index (Phi) is 7.56. The second kappa shape index (κ2) is 10.2. The molecule has 3 amide bonds. The van der Waals surface area contributed by atoms with Gasteiger partial charge in [0.25, 0.3) is 11.8 Å². The highest BCUT2D eigenvalue weighted by atomic mass is 32.2. The summed E-state index contributed by atoms with van der Waals surface area (Å²) in [7, 11) is 0. The first-order valence-electron chi connectivity index (χ1n) is 9.78. The third-order valence-corrected chi connectivity index (χ3v) is 6.21. The number of hydrogen-bond donors (Lipinski definition) is 3. The number of thioether (sulfide) groups is 1. The number of carboxylic acids is 1. The molecular formula is C19H21N5O8S2. The minimum absolute atomic E-state index is 0.0297. The maximum absolute atomic E-state index is 13.0. The van der Waals surface area contributed by atoms with Crippen molar-refractivity contribution in [2.75, 3.05) is 17.7 Å². The first kappa shape index (κ1) is 25.2. The number of aliphatic carboxylic acids is 1. The van der Waals surface area contributed by atoms with Gasteiger partial charge in [-0.05, 0) is 26.8 Å². The summed E-state index contributed by atoms with van der Waals surface area (Å²) in [6.45, 7) is 4.45. The molecule has 2 aliphatic rings. The Morgan fingerprint density at radius 2 is 2.12 bits per heavy atom. The van der Waals surface area contributed by atoms with Crippen LogP contribution in [-0.2, 0) is 33.5 Å². The Bertz CT molecular complexity index is 1080. The monoisotopic (exact) mass is 511 g/mol. The topological polar surface area (TPSA) is 177 Å². The third kappa shape index (κ3) is 5.72. The van der Waals surface area contributed by atoms with Crippen molar-refractivity contribution in [1.29, 1.82) is 0 Å². The molecule has 3 rings (SSSR count). The Labute approximate surface area is 201 Å². The number of oxime groups is 1. The number of anilines is 1. The number of esters is 1. The zero-order valence-corrected chi connectivity index (χ0v) is 19.9. The molecule has 1 saturated heterocycles. The van der Waals surface area contributed by atoms with Gasteiger partial charge in [0.05, 0.1) is 0 Å². The number of ether oxygens (including phenoxy) is 1. The average Bonchev–Trinajstić information content (AvgIpc) is 3.21. The van der Waals surface area contributed by atoms with Crippen LogP contribution in [0.2, 0.25) is 0 Å². The number of carboxylic acid groups (broad SMARTS) is 1. The Balaban J connectivity index is 1.75. The molecule has 15 heteroatoms. The van der Waals surface area contributed by atoms with Gasteiger partial charge in [0.2, 0.25) is 13.0 Å². The molecule has 0 aliphatic carbocycles. The van der Waals surface area contributed by atoms with E-state index >= 15 is 0 Å². The number of carbonyl (C=O) groups is 5. The summed E-state index contributed by atoms with van der Waals surface area (Å²) < 4.78 is 5.11. The van der Waals surface area contributed by atoms with E-state index in [1.165, 1.54) is 23.2 Å². The van der Waals surface area contributed by atoms with Crippen molar-refractivity contribution in [2.24, 2.45) is 5.16 Å². The highest BCUT2D eigenvalue weighted by molar-refractivity contribution is 8.00. The first-order valence-corrected chi connectivity index (χ1v) is 11.7. The minimum atomic E-state index is -1.24. The number of rotatable bonds is 9. The largest absolute Gasteiger partial charge is 0.477 e. The fourth-order valence-corrected chi connectivity index (χ4v) is 4.82. The molecule has 0 bridgehead atoms. The summed E-state index contributed by atoms with van der Waals surface area (Å²) in [5.41, 5.74) is -1.20. The maximum atomic E-state index is 13.0. The van der Waals surface area contributed by atoms with Crippen molar-refractivity contribution in [3.63, 3.8) is 0 Å². The van der Waals surface area contributed by atoms with E-state index in [4.69, 9.17) is 9.57 Å². The Morgan fingerprint density at radius 3 is 2.76 bits per heavy atom. The molecule has 2 atom stereocenters. The van der Waals surface area contributed by atoms with Crippen LogP contribution in [0.5, 0.6) is 0 Å². The molecule has 0 saturated carbocycles. The smallest absolute Gasteiger partial charge is 0.352 e. The van der Waals surface area contributed by atoms with Gasteiger partial charge < -0.3 is 25.3 Å². The van der Waals surface area contributed by atoms with Crippen LogP contribution in [0, 0.1) is 0 Å². The van der Waals surface area contributed by atoms with E-state index < -0.39 is 47.4 Å². The van der Waals surface area contributed by atoms with Crippen molar-refractivity contribution >= 4 is 64.1 Å². The van der Waals surface area contributed by atoms with E-state index in [-0.39, 0.29) is 22.2 Å². The molecule has 34 heavy (non-hydrogen) atoms. The van der Waals surface area contributed by atoms with Gasteiger partial charge in [0.1, 0.15) is 28.4 Å². The quantitative estimate of drug-likeness (QED) is 0.136. The zero-order chi connectivity index (χ0) is 25.0. The number of amides is 3. The average molecular weight is 512 g/mol. The summed E-state index contributed by atoms with van der Waals surface area (Å²) in [4.78, 5) is 69.6. The molecule has 1 fully saturated rings. The van der Waals surface area contributed by atoms with Crippen LogP contribution in [0.1, 0.15) is 26.5 Å². The number of nitrogens with one attached hydrogen (secondary N) is 2. The molecular weight excluding hydrogens is 490 g/mol. The maximum Gasteiger partial charge on any atom is 0.352 e. The molecule has 0 aromatic carbocycles. The summed E-state index contributed by atoms with van der Waals surface area (Å²) in [5.74, 6) is -3.02. The lowest BCUT2D eigenvalue weighted by molar-refractivity contribution is -0.160. The lowest BCUT2D eigenvalue weighted by Crippen LogP contribution is -2.70. The number of fused-ring (bicyclic) bond motifs is 1. The van der Waals surface area contributed by atoms with Crippen molar-refractivity contribution in [3.8, 4) is 0 Å². The van der Waals surface area contributed by atoms with Crippen LogP contribution >= 0.6 is 23.1 Å². The molecule has 1 unspecified atom stereocenters. The van der Waals surface area contributed by atoms with E-state index in [9.17, 15) is 29.1 Å². The van der Waals surface area contributed by atoms with E-state index in [0.29, 0.717) is 12.2 Å². The van der Waals surface area contributed by atoms with Gasteiger partial charge in [-0.2, -0.15) is 0 Å². The van der Waals surface area contributed by atoms with Gasteiger partial charge in [-0.1, -0.05) is 5.16 Å². The molecule has 1 aromatic heterocycles. The van der Waals surface area contributed by atoms with Crippen molar-refractivity contribution < 1.29 is 38.7 Å². The van der Waals surface area contributed by atoms with Crippen LogP contribution in [0.4, 0.5) is 5.13 Å². The van der Waals surface area contributed by atoms with Gasteiger partial charge >= 0.3 is 11.9 Å². The van der Waals surface area contributed by atoms with E-state index in [1.807, 2.05) is 0 Å². The molecule has 0 spiro atoms. The highest BCUT2D eigenvalue weighted by Crippen LogP contribution is 2.37. The number of aromatic nitrogens is 1.